The van der Waals surface area contributed by atoms with Crippen LogP contribution in [0.2, 0.25) is 0 Å². The van der Waals surface area contributed by atoms with Crippen LogP contribution in [-0.2, 0) is 16.4 Å². The molecule has 0 radical (unpaired) electrons. The lowest BCUT2D eigenvalue weighted by atomic mass is 9.77. The van der Waals surface area contributed by atoms with E-state index in [1.165, 1.54) is 17.4 Å². The van der Waals surface area contributed by atoms with E-state index in [1.54, 1.807) is 11.4 Å². The molecule has 0 aliphatic carbocycles. The zero-order chi connectivity index (χ0) is 17.8. The number of benzene rings is 1. The summed E-state index contributed by atoms with van der Waals surface area (Å²) in [6.45, 7) is 4.85. The van der Waals surface area contributed by atoms with Gasteiger partial charge >= 0.3 is 0 Å². The second-order valence-corrected chi connectivity index (χ2v) is 9.80. The first kappa shape index (κ1) is 17.3. The molecule has 1 aromatic rings. The first-order valence-corrected chi connectivity index (χ1v) is 11.1. The van der Waals surface area contributed by atoms with E-state index in [-0.39, 0.29) is 6.04 Å². The van der Waals surface area contributed by atoms with Crippen molar-refractivity contribution in [1.82, 2.24) is 9.21 Å². The molecule has 1 aromatic carbocycles. The lowest BCUT2D eigenvalue weighted by Gasteiger charge is -2.51. The van der Waals surface area contributed by atoms with Crippen LogP contribution in [0, 0.1) is 12.8 Å². The van der Waals surface area contributed by atoms with Gasteiger partial charge in [0.25, 0.3) is 0 Å². The van der Waals surface area contributed by atoms with Gasteiger partial charge in [0.05, 0.1) is 13.4 Å². The number of rotatable bonds is 2. The van der Waals surface area contributed by atoms with Gasteiger partial charge in [-0.15, -0.1) is 0 Å². The summed E-state index contributed by atoms with van der Waals surface area (Å²) in [4.78, 5) is 2.58. The molecule has 3 aliphatic rings. The molecule has 2 saturated heterocycles. The molecule has 3 aliphatic heterocycles. The fraction of sp³-hybridized carbons (Fsp3) is 0.684. The van der Waals surface area contributed by atoms with E-state index in [9.17, 15) is 8.42 Å². The van der Waals surface area contributed by atoms with Gasteiger partial charge in [-0.05, 0) is 61.3 Å². The third-order valence-corrected chi connectivity index (χ3v) is 7.66. The Morgan fingerprint density at radius 2 is 2.04 bits per heavy atom. The van der Waals surface area contributed by atoms with Gasteiger partial charge in [0.15, 0.2) is 0 Å². The number of sulfonamides is 1. The molecule has 0 unspecified atom stereocenters. The fourth-order valence-corrected chi connectivity index (χ4v) is 6.39. The lowest BCUT2D eigenvalue weighted by molar-refractivity contribution is 0.0222. The summed E-state index contributed by atoms with van der Waals surface area (Å²) in [6.07, 6.45) is 5.46. The number of fused-ring (bicyclic) bond motifs is 4. The molecule has 2 fully saturated rings. The van der Waals surface area contributed by atoms with Crippen molar-refractivity contribution in [3.8, 4) is 5.75 Å². The van der Waals surface area contributed by atoms with Gasteiger partial charge in [-0.1, -0.05) is 6.07 Å². The standard InChI is InChI=1S/C19H28N2O3S/c1-13-9-16-14(10-19(13)24-2)6-8-20-12-15-5-4-7-21(25(3,22)23)17(15)11-18(16)20/h9-10,15,17-18H,4-8,11-12H2,1-3H3/t15-,17+,18-/m1/s1. The van der Waals surface area contributed by atoms with Crippen LogP contribution in [0.25, 0.3) is 0 Å². The Bertz CT molecular complexity index is 777. The quantitative estimate of drug-likeness (QED) is 0.808. The maximum Gasteiger partial charge on any atom is 0.211 e. The first-order valence-electron chi connectivity index (χ1n) is 9.26. The number of piperidine rings is 2. The van der Waals surface area contributed by atoms with E-state index >= 15 is 0 Å². The highest BCUT2D eigenvalue weighted by Crippen LogP contribution is 2.44. The third kappa shape index (κ3) is 2.98. The Morgan fingerprint density at radius 1 is 1.24 bits per heavy atom. The SMILES string of the molecule is COc1cc2c(cc1C)[C@H]1C[C@H]3[C@H](CCCN3S(C)(=O)=O)CN1CC2. The summed E-state index contributed by atoms with van der Waals surface area (Å²) >= 11 is 0. The molecule has 138 valence electrons. The first-order chi connectivity index (χ1) is 11.9. The van der Waals surface area contributed by atoms with Crippen molar-refractivity contribution in [2.45, 2.75) is 44.7 Å². The Kier molecular flexibility index (Phi) is 4.33. The monoisotopic (exact) mass is 364 g/mol. The summed E-state index contributed by atoms with van der Waals surface area (Å²) < 4.78 is 31.8. The second-order valence-electron chi connectivity index (χ2n) is 7.86. The highest BCUT2D eigenvalue weighted by atomic mass is 32.2. The fourth-order valence-electron chi connectivity index (χ4n) is 5.18. The lowest BCUT2D eigenvalue weighted by Crippen LogP contribution is -2.57. The number of ether oxygens (including phenoxy) is 1. The van der Waals surface area contributed by atoms with E-state index in [4.69, 9.17) is 4.74 Å². The smallest absolute Gasteiger partial charge is 0.211 e. The molecule has 0 spiro atoms. The van der Waals surface area contributed by atoms with Gasteiger partial charge < -0.3 is 4.74 Å². The highest BCUT2D eigenvalue weighted by molar-refractivity contribution is 7.88. The average molecular weight is 365 g/mol. The van der Waals surface area contributed by atoms with Crippen molar-refractivity contribution < 1.29 is 13.2 Å². The molecule has 0 bridgehead atoms. The Hall–Kier alpha value is -1.11. The third-order valence-electron chi connectivity index (χ3n) is 6.35. The molecule has 4 rings (SSSR count). The number of hydrogen-bond acceptors (Lipinski definition) is 4. The zero-order valence-electron chi connectivity index (χ0n) is 15.4. The van der Waals surface area contributed by atoms with Gasteiger partial charge in [-0.25, -0.2) is 8.42 Å². The van der Waals surface area contributed by atoms with Crippen LogP contribution in [0.1, 0.15) is 42.0 Å². The molecule has 25 heavy (non-hydrogen) atoms. The molecule has 6 heteroatoms. The van der Waals surface area contributed by atoms with Crippen LogP contribution in [-0.4, -0.2) is 56.7 Å². The van der Waals surface area contributed by atoms with Gasteiger partial charge in [-0.2, -0.15) is 4.31 Å². The van der Waals surface area contributed by atoms with E-state index in [0.717, 1.165) is 50.1 Å². The molecule has 0 saturated carbocycles. The van der Waals surface area contributed by atoms with Crippen molar-refractivity contribution >= 4 is 10.0 Å². The molecule has 3 heterocycles. The van der Waals surface area contributed by atoms with Crippen LogP contribution in [0.5, 0.6) is 5.75 Å². The number of hydrogen-bond donors (Lipinski definition) is 0. The highest BCUT2D eigenvalue weighted by Gasteiger charge is 2.45. The average Bonchev–Trinajstić information content (AvgIpc) is 2.58. The van der Waals surface area contributed by atoms with E-state index in [1.807, 2.05) is 0 Å². The van der Waals surface area contributed by atoms with Crippen molar-refractivity contribution in [2.75, 3.05) is 33.0 Å². The minimum absolute atomic E-state index is 0.151. The van der Waals surface area contributed by atoms with E-state index in [2.05, 4.69) is 24.0 Å². The predicted octanol–water partition coefficient (Wildman–Crippen LogP) is 2.35. The van der Waals surface area contributed by atoms with Crippen LogP contribution < -0.4 is 4.74 Å². The molecule has 3 atom stereocenters. The summed E-state index contributed by atoms with van der Waals surface area (Å²) in [5, 5.41) is 0. The van der Waals surface area contributed by atoms with Gasteiger partial charge in [0.2, 0.25) is 10.0 Å². The normalized spacial score (nSPS) is 30.3. The maximum absolute atomic E-state index is 12.3. The number of methoxy groups -OCH3 is 1. The predicted molar refractivity (Wildman–Crippen MR) is 98.4 cm³/mol. The van der Waals surface area contributed by atoms with E-state index < -0.39 is 10.0 Å². The summed E-state index contributed by atoms with van der Waals surface area (Å²) in [7, 11) is -1.41. The van der Waals surface area contributed by atoms with Crippen molar-refractivity contribution in [3.63, 3.8) is 0 Å². The van der Waals surface area contributed by atoms with Crippen LogP contribution in [0.4, 0.5) is 0 Å². The van der Waals surface area contributed by atoms with Crippen LogP contribution in [0.3, 0.4) is 0 Å². The van der Waals surface area contributed by atoms with Crippen molar-refractivity contribution in [2.24, 2.45) is 5.92 Å². The topological polar surface area (TPSA) is 49.9 Å². The number of aryl methyl sites for hydroxylation is 1. The maximum atomic E-state index is 12.3. The second kappa shape index (κ2) is 6.25. The molecule has 0 aromatic heterocycles. The molecule has 0 N–H and O–H groups in total. The Labute approximate surface area is 151 Å². The van der Waals surface area contributed by atoms with Gasteiger partial charge in [0.1, 0.15) is 5.75 Å². The van der Waals surface area contributed by atoms with Crippen molar-refractivity contribution in [3.05, 3.63) is 28.8 Å². The summed E-state index contributed by atoms with van der Waals surface area (Å²) in [6, 6.07) is 4.93. The minimum Gasteiger partial charge on any atom is -0.496 e. The number of nitrogens with zero attached hydrogens (tertiary/aromatic N) is 2. The molecule has 0 amide bonds. The summed E-state index contributed by atoms with van der Waals surface area (Å²) in [5.41, 5.74) is 3.90. The molecular formula is C19H28N2O3S. The Morgan fingerprint density at radius 3 is 2.76 bits per heavy atom. The zero-order valence-corrected chi connectivity index (χ0v) is 16.2. The largest absolute Gasteiger partial charge is 0.496 e. The minimum atomic E-state index is -3.14. The van der Waals surface area contributed by atoms with Crippen LogP contribution in [0.15, 0.2) is 12.1 Å². The van der Waals surface area contributed by atoms with Gasteiger partial charge in [-0.3, -0.25) is 4.90 Å². The Balaban J connectivity index is 1.69. The summed E-state index contributed by atoms with van der Waals surface area (Å²) in [5.74, 6) is 1.43. The molecular weight excluding hydrogens is 336 g/mol. The van der Waals surface area contributed by atoms with Crippen molar-refractivity contribution in [1.29, 1.82) is 0 Å². The van der Waals surface area contributed by atoms with E-state index in [0.29, 0.717) is 18.5 Å². The van der Waals surface area contributed by atoms with Gasteiger partial charge in [0, 0.05) is 31.7 Å². The molecule has 5 nitrogen and oxygen atoms in total. The van der Waals surface area contributed by atoms with Crippen LogP contribution >= 0.6 is 0 Å².